The molecule has 0 bridgehead atoms. The van der Waals surface area contributed by atoms with Gasteiger partial charge < -0.3 is 4.74 Å². The van der Waals surface area contributed by atoms with E-state index in [1.165, 1.54) is 35.7 Å². The van der Waals surface area contributed by atoms with E-state index in [1.807, 2.05) is 0 Å². The minimum absolute atomic E-state index is 0.135. The first-order chi connectivity index (χ1) is 14.8. The summed E-state index contributed by atoms with van der Waals surface area (Å²) in [6.45, 7) is 0.316. The van der Waals surface area contributed by atoms with Crippen LogP contribution in [0.25, 0.3) is 0 Å². The molecule has 0 radical (unpaired) electrons. The molecule has 0 saturated heterocycles. The van der Waals surface area contributed by atoms with Gasteiger partial charge >= 0.3 is 0 Å². The zero-order valence-electron chi connectivity index (χ0n) is 16.9. The minimum atomic E-state index is -3.81. The van der Waals surface area contributed by atoms with Crippen LogP contribution >= 0.6 is 0 Å². The number of benzene rings is 3. The number of rotatable bonds is 6. The van der Waals surface area contributed by atoms with Crippen molar-refractivity contribution >= 4 is 31.4 Å². The summed E-state index contributed by atoms with van der Waals surface area (Å²) < 4.78 is 61.0. The van der Waals surface area contributed by atoms with Crippen LogP contribution in [-0.2, 0) is 26.5 Å². The summed E-state index contributed by atoms with van der Waals surface area (Å²) in [6, 6.07) is 19.2. The molecule has 4 rings (SSSR count). The van der Waals surface area contributed by atoms with Gasteiger partial charge in [-0.15, -0.1) is 0 Å². The average molecular weight is 459 g/mol. The summed E-state index contributed by atoms with van der Waals surface area (Å²) in [7, 11) is -6.08. The molecular formula is C22H22N2O5S2. The number of hydrogen-bond acceptors (Lipinski definition) is 5. The number of sulfonamides is 2. The van der Waals surface area contributed by atoms with E-state index < -0.39 is 20.0 Å². The Hall–Kier alpha value is -3.04. The molecule has 0 atom stereocenters. The molecule has 1 N–H and O–H groups in total. The quantitative estimate of drug-likeness (QED) is 0.609. The second-order valence-electron chi connectivity index (χ2n) is 7.12. The van der Waals surface area contributed by atoms with E-state index in [2.05, 4.69) is 4.72 Å². The maximum Gasteiger partial charge on any atom is 0.264 e. The lowest BCUT2D eigenvalue weighted by atomic mass is 10.0. The van der Waals surface area contributed by atoms with Crippen LogP contribution in [0.4, 0.5) is 11.4 Å². The molecule has 0 fully saturated rings. The standard InChI is InChI=1S/C22H22N2O5S2/c1-29-19-11-13-21(14-12-19)31(27,28)24-15-5-6-17-9-10-18(16-22(17)24)23-30(25,26)20-7-3-2-4-8-20/h2-4,7-14,16,23H,5-6,15H2,1H3. The SMILES string of the molecule is COc1ccc(S(=O)(=O)N2CCCc3ccc(NS(=O)(=O)c4ccccc4)cc32)cc1. The van der Waals surface area contributed by atoms with Gasteiger partial charge in [0.15, 0.2) is 0 Å². The number of ether oxygens (including phenoxy) is 1. The van der Waals surface area contributed by atoms with E-state index >= 15 is 0 Å². The van der Waals surface area contributed by atoms with Gasteiger partial charge in [-0.3, -0.25) is 9.03 Å². The van der Waals surface area contributed by atoms with E-state index in [1.54, 1.807) is 48.5 Å². The third kappa shape index (κ3) is 4.24. The molecule has 1 aliphatic rings. The second kappa shape index (κ2) is 8.24. The molecular weight excluding hydrogens is 436 g/mol. The van der Waals surface area contributed by atoms with Crippen LogP contribution in [0.3, 0.4) is 0 Å². The molecule has 0 saturated carbocycles. The van der Waals surface area contributed by atoms with Gasteiger partial charge in [-0.2, -0.15) is 0 Å². The largest absolute Gasteiger partial charge is 0.497 e. The molecule has 0 aromatic heterocycles. The van der Waals surface area contributed by atoms with Crippen molar-refractivity contribution in [2.24, 2.45) is 0 Å². The van der Waals surface area contributed by atoms with Crippen molar-refractivity contribution in [1.82, 2.24) is 0 Å². The maximum atomic E-state index is 13.3. The number of methoxy groups -OCH3 is 1. The summed E-state index contributed by atoms with van der Waals surface area (Å²) in [4.78, 5) is 0.284. The molecule has 7 nitrogen and oxygen atoms in total. The van der Waals surface area contributed by atoms with Crippen molar-refractivity contribution in [3.05, 3.63) is 78.4 Å². The van der Waals surface area contributed by atoms with Crippen molar-refractivity contribution in [1.29, 1.82) is 0 Å². The number of nitrogens with zero attached hydrogens (tertiary/aromatic N) is 1. The highest BCUT2D eigenvalue weighted by Gasteiger charge is 2.29. The summed E-state index contributed by atoms with van der Waals surface area (Å²) in [6.07, 6.45) is 1.40. The number of anilines is 2. The lowest BCUT2D eigenvalue weighted by Crippen LogP contribution is -2.35. The Morgan fingerprint density at radius 1 is 0.871 bits per heavy atom. The molecule has 0 amide bonds. The fourth-order valence-corrected chi connectivity index (χ4v) is 6.15. The highest BCUT2D eigenvalue weighted by molar-refractivity contribution is 7.93. The van der Waals surface area contributed by atoms with Crippen LogP contribution in [0, 0.1) is 0 Å². The minimum Gasteiger partial charge on any atom is -0.497 e. The van der Waals surface area contributed by atoms with Crippen molar-refractivity contribution in [2.45, 2.75) is 22.6 Å². The van der Waals surface area contributed by atoms with Crippen LogP contribution in [0.1, 0.15) is 12.0 Å². The summed E-state index contributed by atoms with van der Waals surface area (Å²) in [5.41, 5.74) is 1.64. The number of hydrogen-bond donors (Lipinski definition) is 1. The van der Waals surface area contributed by atoms with Crippen LogP contribution in [0.5, 0.6) is 5.75 Å². The van der Waals surface area contributed by atoms with Gasteiger partial charge in [0.2, 0.25) is 0 Å². The Bertz CT molecular complexity index is 1290. The zero-order chi connectivity index (χ0) is 22.1. The van der Waals surface area contributed by atoms with E-state index in [9.17, 15) is 16.8 Å². The van der Waals surface area contributed by atoms with Crippen molar-refractivity contribution in [3.63, 3.8) is 0 Å². The molecule has 9 heteroatoms. The normalized spacial score (nSPS) is 14.0. The fraction of sp³-hybridized carbons (Fsp3) is 0.182. The van der Waals surface area contributed by atoms with Crippen molar-refractivity contribution in [2.75, 3.05) is 22.7 Å². The highest BCUT2D eigenvalue weighted by atomic mass is 32.2. The summed E-state index contributed by atoms with van der Waals surface area (Å²) in [5.74, 6) is 0.565. The fourth-order valence-electron chi connectivity index (χ4n) is 3.54. The van der Waals surface area contributed by atoms with Gasteiger partial charge in [-0.25, -0.2) is 16.8 Å². The van der Waals surface area contributed by atoms with Gasteiger partial charge in [-0.05, 0) is 66.9 Å². The lowest BCUT2D eigenvalue weighted by molar-refractivity contribution is 0.414. The van der Waals surface area contributed by atoms with Gasteiger partial charge in [0.25, 0.3) is 20.0 Å². The van der Waals surface area contributed by atoms with Gasteiger partial charge in [0.1, 0.15) is 5.75 Å². The Morgan fingerprint density at radius 3 is 2.26 bits per heavy atom. The smallest absolute Gasteiger partial charge is 0.264 e. The van der Waals surface area contributed by atoms with Crippen LogP contribution in [0.15, 0.2) is 82.6 Å². The number of fused-ring (bicyclic) bond motifs is 1. The molecule has 1 aliphatic heterocycles. The van der Waals surface area contributed by atoms with E-state index in [-0.39, 0.29) is 9.79 Å². The Kier molecular flexibility index (Phi) is 5.63. The van der Waals surface area contributed by atoms with Crippen LogP contribution in [-0.4, -0.2) is 30.5 Å². The van der Waals surface area contributed by atoms with Crippen molar-refractivity contribution < 1.29 is 21.6 Å². The lowest BCUT2D eigenvalue weighted by Gasteiger charge is -2.31. The molecule has 0 unspecified atom stereocenters. The Labute approximate surface area is 182 Å². The van der Waals surface area contributed by atoms with Gasteiger partial charge in [-0.1, -0.05) is 24.3 Å². The summed E-state index contributed by atoms with van der Waals surface area (Å²) >= 11 is 0. The first kappa shape index (κ1) is 21.2. The second-order valence-corrected chi connectivity index (χ2v) is 10.7. The molecule has 3 aromatic rings. The van der Waals surface area contributed by atoms with Gasteiger partial charge in [0, 0.05) is 6.54 Å². The number of nitrogens with one attached hydrogen (secondary N) is 1. The van der Waals surface area contributed by atoms with Crippen molar-refractivity contribution in [3.8, 4) is 5.75 Å². The van der Waals surface area contributed by atoms with Crippen LogP contribution < -0.4 is 13.8 Å². The predicted molar refractivity (Wildman–Crippen MR) is 120 cm³/mol. The number of aryl methyl sites for hydroxylation is 1. The first-order valence-corrected chi connectivity index (χ1v) is 12.6. The molecule has 0 spiro atoms. The molecule has 162 valence electrons. The molecule has 31 heavy (non-hydrogen) atoms. The van der Waals surface area contributed by atoms with Crippen LogP contribution in [0.2, 0.25) is 0 Å². The third-order valence-electron chi connectivity index (χ3n) is 5.11. The Balaban J connectivity index is 1.69. The Morgan fingerprint density at radius 2 is 1.58 bits per heavy atom. The first-order valence-electron chi connectivity index (χ1n) is 9.69. The highest BCUT2D eigenvalue weighted by Crippen LogP contribution is 2.35. The van der Waals surface area contributed by atoms with E-state index in [0.717, 1.165) is 12.0 Å². The zero-order valence-corrected chi connectivity index (χ0v) is 18.5. The third-order valence-corrected chi connectivity index (χ3v) is 8.34. The topological polar surface area (TPSA) is 92.8 Å². The monoisotopic (exact) mass is 458 g/mol. The van der Waals surface area contributed by atoms with E-state index in [4.69, 9.17) is 4.74 Å². The predicted octanol–water partition coefficient (Wildman–Crippen LogP) is 3.64. The van der Waals surface area contributed by atoms with E-state index in [0.29, 0.717) is 30.1 Å². The molecule has 3 aromatic carbocycles. The molecule has 0 aliphatic carbocycles. The van der Waals surface area contributed by atoms with Gasteiger partial charge in [0.05, 0.1) is 28.3 Å². The maximum absolute atomic E-state index is 13.3. The summed E-state index contributed by atoms with van der Waals surface area (Å²) in [5, 5.41) is 0. The molecule has 1 heterocycles. The average Bonchev–Trinajstić information content (AvgIpc) is 2.79.